The van der Waals surface area contributed by atoms with Crippen molar-refractivity contribution in [2.24, 2.45) is 5.92 Å². The van der Waals surface area contributed by atoms with E-state index in [1.807, 2.05) is 0 Å². The van der Waals surface area contributed by atoms with Gasteiger partial charge in [-0.15, -0.1) is 0 Å². The maximum atomic E-state index is 14.5. The van der Waals surface area contributed by atoms with Crippen molar-refractivity contribution in [3.8, 4) is 0 Å². The number of likely N-dealkylation sites (tertiary alicyclic amines) is 1. The van der Waals surface area contributed by atoms with Crippen LogP contribution in [0.3, 0.4) is 0 Å². The molecule has 2 heterocycles. The third-order valence-corrected chi connectivity index (χ3v) is 7.68. The normalized spacial score (nSPS) is 18.4. The van der Waals surface area contributed by atoms with Crippen molar-refractivity contribution in [1.82, 2.24) is 20.4 Å². The van der Waals surface area contributed by atoms with Crippen LogP contribution in [0.15, 0.2) is 35.7 Å². The first-order valence-corrected chi connectivity index (χ1v) is 15.3. The number of rotatable bonds is 11. The average Bonchev–Trinajstić information content (AvgIpc) is 3.51. The molecule has 0 saturated carbocycles. The number of halogens is 5. The van der Waals surface area contributed by atoms with E-state index in [9.17, 15) is 45.9 Å². The van der Waals surface area contributed by atoms with Crippen LogP contribution in [-0.4, -0.2) is 96.4 Å². The minimum Gasteiger partial charge on any atom is -0.422 e. The first-order chi connectivity index (χ1) is 22.0. The zero-order valence-corrected chi connectivity index (χ0v) is 26.5. The summed E-state index contributed by atoms with van der Waals surface area (Å²) in [7, 11) is 0. The van der Waals surface area contributed by atoms with Crippen LogP contribution in [0.25, 0.3) is 0 Å². The maximum absolute atomic E-state index is 14.5. The Morgan fingerprint density at radius 3 is 2.11 bits per heavy atom. The van der Waals surface area contributed by atoms with Gasteiger partial charge < -0.3 is 29.9 Å². The predicted molar refractivity (Wildman–Crippen MR) is 157 cm³/mol. The van der Waals surface area contributed by atoms with Gasteiger partial charge in [-0.3, -0.25) is 24.0 Å². The van der Waals surface area contributed by atoms with E-state index in [1.54, 1.807) is 11.8 Å². The lowest BCUT2D eigenvalue weighted by Gasteiger charge is -2.30. The summed E-state index contributed by atoms with van der Waals surface area (Å²) in [5, 5.41) is 4.72. The number of morpholine rings is 1. The fraction of sp³-hybridized carbons (Fsp3) is 0.581. The topological polar surface area (TPSA) is 134 Å². The monoisotopic (exact) mass is 674 g/mol. The summed E-state index contributed by atoms with van der Waals surface area (Å²) in [5.74, 6) is -12.8. The van der Waals surface area contributed by atoms with E-state index in [4.69, 9.17) is 4.74 Å². The van der Waals surface area contributed by atoms with Gasteiger partial charge in [0.2, 0.25) is 17.6 Å². The number of nitrogens with one attached hydrogen (secondary N) is 2. The maximum Gasteiger partial charge on any atom is 0.461 e. The molecular formula is C31H39F5N4O7. The third-order valence-electron chi connectivity index (χ3n) is 7.68. The lowest BCUT2D eigenvalue weighted by atomic mass is 10.0. The molecule has 11 nitrogen and oxygen atoms in total. The Balaban J connectivity index is 1.79. The number of ether oxygens (including phenoxy) is 2. The van der Waals surface area contributed by atoms with Crippen LogP contribution in [0.4, 0.5) is 22.0 Å². The highest BCUT2D eigenvalue weighted by Gasteiger charge is 2.63. The summed E-state index contributed by atoms with van der Waals surface area (Å²) in [5.41, 5.74) is -0.417. The molecule has 4 amide bonds. The Hall–Kier alpha value is -4.08. The standard InChI is InChI=1S/C31H39F5N4O7/c1-5-7-22(37-26(42)20-9-11-21(12-10-20)28(44)39-14-16-46-17-15-39)29(45)40-13-6-8-23(40)27(43)38-24(18(2)3)25(47-19(4)41)30(32,33)31(34,35)36/h9-12,18,22-23H,5-8,13-17H2,1-4H3,(H,37,42)(H,38,43)/b25-24+/t22-,23-/m0/s1. The lowest BCUT2D eigenvalue weighted by Crippen LogP contribution is -2.54. The van der Waals surface area contributed by atoms with Gasteiger partial charge in [0, 0.05) is 37.7 Å². The van der Waals surface area contributed by atoms with Crippen LogP contribution in [0.5, 0.6) is 0 Å². The molecule has 0 aromatic heterocycles. The molecule has 2 N–H and O–H groups in total. The van der Waals surface area contributed by atoms with E-state index in [1.165, 1.54) is 38.1 Å². The van der Waals surface area contributed by atoms with Gasteiger partial charge in [0.25, 0.3) is 11.8 Å². The highest BCUT2D eigenvalue weighted by Crippen LogP contribution is 2.43. The molecule has 1 aromatic carbocycles. The van der Waals surface area contributed by atoms with Gasteiger partial charge in [0.1, 0.15) is 12.1 Å². The number of esters is 1. The van der Waals surface area contributed by atoms with Crippen LogP contribution in [0, 0.1) is 5.92 Å². The van der Waals surface area contributed by atoms with E-state index in [-0.39, 0.29) is 30.9 Å². The minimum absolute atomic E-state index is 0.0571. The van der Waals surface area contributed by atoms with Crippen molar-refractivity contribution >= 4 is 29.6 Å². The molecule has 2 aliphatic rings. The van der Waals surface area contributed by atoms with E-state index >= 15 is 0 Å². The fourth-order valence-corrected chi connectivity index (χ4v) is 5.24. The molecule has 2 aliphatic heterocycles. The van der Waals surface area contributed by atoms with Gasteiger partial charge in [0.05, 0.1) is 18.9 Å². The van der Waals surface area contributed by atoms with Crippen LogP contribution < -0.4 is 10.6 Å². The number of nitrogens with zero attached hydrogens (tertiary/aromatic N) is 2. The van der Waals surface area contributed by atoms with Gasteiger partial charge in [-0.2, -0.15) is 22.0 Å². The van der Waals surface area contributed by atoms with Crippen molar-refractivity contribution in [3.63, 3.8) is 0 Å². The highest BCUT2D eigenvalue weighted by molar-refractivity contribution is 6.00. The quantitative estimate of drug-likeness (QED) is 0.207. The van der Waals surface area contributed by atoms with E-state index < -0.39 is 65.2 Å². The number of hydrogen-bond donors (Lipinski definition) is 2. The van der Waals surface area contributed by atoms with Crippen molar-refractivity contribution in [3.05, 3.63) is 46.8 Å². The molecule has 2 saturated heterocycles. The van der Waals surface area contributed by atoms with Gasteiger partial charge in [-0.05, 0) is 49.4 Å². The molecule has 0 unspecified atom stereocenters. The number of benzene rings is 1. The molecule has 16 heteroatoms. The summed E-state index contributed by atoms with van der Waals surface area (Å²) >= 11 is 0. The van der Waals surface area contributed by atoms with Crippen molar-refractivity contribution in [2.75, 3.05) is 32.8 Å². The number of carbonyl (C=O) groups is 5. The average molecular weight is 675 g/mol. The largest absolute Gasteiger partial charge is 0.461 e. The van der Waals surface area contributed by atoms with Crippen molar-refractivity contribution < 1.29 is 55.4 Å². The molecular weight excluding hydrogens is 635 g/mol. The molecule has 0 bridgehead atoms. The number of alkyl halides is 5. The van der Waals surface area contributed by atoms with Crippen molar-refractivity contribution in [2.45, 2.75) is 77.6 Å². The predicted octanol–water partition coefficient (Wildman–Crippen LogP) is 3.79. The van der Waals surface area contributed by atoms with Crippen LogP contribution in [0.1, 0.15) is 74.1 Å². The van der Waals surface area contributed by atoms with Crippen LogP contribution in [0.2, 0.25) is 0 Å². The van der Waals surface area contributed by atoms with E-state index in [0.29, 0.717) is 51.6 Å². The Kier molecular flexibility index (Phi) is 12.5. The molecule has 260 valence electrons. The summed E-state index contributed by atoms with van der Waals surface area (Å²) in [6.07, 6.45) is -5.14. The van der Waals surface area contributed by atoms with Crippen molar-refractivity contribution in [1.29, 1.82) is 0 Å². The molecule has 47 heavy (non-hydrogen) atoms. The second kappa shape index (κ2) is 15.7. The summed E-state index contributed by atoms with van der Waals surface area (Å²) in [6.45, 7) is 6.66. The Morgan fingerprint density at radius 1 is 0.979 bits per heavy atom. The fourth-order valence-electron chi connectivity index (χ4n) is 5.24. The third kappa shape index (κ3) is 9.05. The molecule has 0 spiro atoms. The molecule has 0 aliphatic carbocycles. The summed E-state index contributed by atoms with van der Waals surface area (Å²) in [6, 6.07) is 3.52. The number of hydrogen-bond acceptors (Lipinski definition) is 7. The van der Waals surface area contributed by atoms with Gasteiger partial charge in [-0.25, -0.2) is 0 Å². The van der Waals surface area contributed by atoms with E-state index in [2.05, 4.69) is 15.4 Å². The summed E-state index contributed by atoms with van der Waals surface area (Å²) < 4.78 is 78.3. The second-order valence-corrected chi connectivity index (χ2v) is 11.5. The lowest BCUT2D eigenvalue weighted by molar-refractivity contribution is -0.276. The smallest absolute Gasteiger partial charge is 0.422 e. The molecule has 2 fully saturated rings. The molecule has 3 rings (SSSR count). The number of amides is 4. The first-order valence-electron chi connectivity index (χ1n) is 15.3. The molecule has 0 radical (unpaired) electrons. The second-order valence-electron chi connectivity index (χ2n) is 11.5. The minimum atomic E-state index is -6.14. The van der Waals surface area contributed by atoms with E-state index in [0.717, 1.165) is 4.90 Å². The summed E-state index contributed by atoms with van der Waals surface area (Å²) in [4.78, 5) is 67.1. The number of carbonyl (C=O) groups excluding carboxylic acids is 5. The zero-order valence-electron chi connectivity index (χ0n) is 26.5. The van der Waals surface area contributed by atoms with Gasteiger partial charge >= 0.3 is 18.1 Å². The van der Waals surface area contributed by atoms with Gasteiger partial charge in [-0.1, -0.05) is 27.2 Å². The number of allylic oxidation sites excluding steroid dienone is 2. The zero-order chi connectivity index (χ0) is 35.1. The Bertz CT molecular complexity index is 1360. The first kappa shape index (κ1) is 37.4. The Morgan fingerprint density at radius 2 is 1.57 bits per heavy atom. The van der Waals surface area contributed by atoms with Gasteiger partial charge in [0.15, 0.2) is 0 Å². The Labute approximate surface area is 268 Å². The molecule has 2 atom stereocenters. The van der Waals surface area contributed by atoms with Crippen LogP contribution in [-0.2, 0) is 23.9 Å². The highest BCUT2D eigenvalue weighted by atomic mass is 19.4. The van der Waals surface area contributed by atoms with Crippen LogP contribution >= 0.6 is 0 Å². The molecule has 1 aromatic rings. The SMILES string of the molecule is CCC[C@H](NC(=O)c1ccc(C(=O)N2CCOCC2)cc1)C(=O)N1CCC[C@H]1C(=O)N/C(=C(/OC(C)=O)C(F)(F)C(F)(F)F)C(C)C.